The molecule has 1 rings (SSSR count). The second kappa shape index (κ2) is 3.58. The number of ether oxygens (including phenoxy) is 1. The van der Waals surface area contributed by atoms with Gasteiger partial charge in [0.05, 0.1) is 6.20 Å². The van der Waals surface area contributed by atoms with Gasteiger partial charge in [-0.1, -0.05) is 0 Å². The number of nitrogens with zero attached hydrogens (tertiary/aromatic N) is 2. The monoisotopic (exact) mass is 202 g/mol. The SMILES string of the molecule is Fc1cnn(C(F)F)c1OC(F)F. The van der Waals surface area contributed by atoms with Crippen LogP contribution in [0.5, 0.6) is 5.88 Å². The first-order valence-electron chi connectivity index (χ1n) is 2.98. The van der Waals surface area contributed by atoms with Crippen LogP contribution in [0.4, 0.5) is 22.0 Å². The number of hydrogen-bond donors (Lipinski definition) is 0. The van der Waals surface area contributed by atoms with Crippen LogP contribution in [0.25, 0.3) is 0 Å². The van der Waals surface area contributed by atoms with Crippen LogP contribution in [0.15, 0.2) is 6.20 Å². The van der Waals surface area contributed by atoms with Crippen molar-refractivity contribution in [1.29, 1.82) is 0 Å². The van der Waals surface area contributed by atoms with E-state index in [0.29, 0.717) is 6.20 Å². The summed E-state index contributed by atoms with van der Waals surface area (Å²) in [5, 5.41) is 2.80. The highest BCUT2D eigenvalue weighted by molar-refractivity contribution is 5.11. The molecule has 0 amide bonds. The van der Waals surface area contributed by atoms with E-state index in [0.717, 1.165) is 0 Å². The Kier molecular flexibility index (Phi) is 2.69. The molecule has 1 aromatic heterocycles. The highest BCUT2D eigenvalue weighted by atomic mass is 19.3. The molecule has 0 atom stereocenters. The van der Waals surface area contributed by atoms with Crippen molar-refractivity contribution in [1.82, 2.24) is 9.78 Å². The Hall–Kier alpha value is -1.34. The van der Waals surface area contributed by atoms with Crippen LogP contribution in [0.3, 0.4) is 0 Å². The molecule has 0 radical (unpaired) electrons. The zero-order chi connectivity index (χ0) is 10.0. The first kappa shape index (κ1) is 9.75. The second-order valence-electron chi connectivity index (χ2n) is 1.90. The number of alkyl halides is 4. The minimum absolute atomic E-state index is 0.276. The van der Waals surface area contributed by atoms with Gasteiger partial charge in [0.2, 0.25) is 5.82 Å². The molecule has 0 aliphatic rings. The van der Waals surface area contributed by atoms with Crippen LogP contribution in [-0.2, 0) is 0 Å². The Morgan fingerprint density at radius 1 is 1.31 bits per heavy atom. The standard InChI is InChI=1S/C5H3F5N2O/c6-2-1-11-12(4(7)8)3(2)13-5(9)10/h1,4-5H. The molecule has 1 heterocycles. The molecule has 74 valence electrons. The number of hydrogen-bond acceptors (Lipinski definition) is 2. The zero-order valence-electron chi connectivity index (χ0n) is 5.92. The predicted molar refractivity (Wildman–Crippen MR) is 30.1 cm³/mol. The lowest BCUT2D eigenvalue weighted by Crippen LogP contribution is -2.10. The molecule has 0 saturated heterocycles. The van der Waals surface area contributed by atoms with Gasteiger partial charge >= 0.3 is 13.2 Å². The van der Waals surface area contributed by atoms with E-state index in [1.54, 1.807) is 0 Å². The van der Waals surface area contributed by atoms with Crippen molar-refractivity contribution in [2.75, 3.05) is 0 Å². The summed E-state index contributed by atoms with van der Waals surface area (Å²) in [6, 6.07) is 0. The van der Waals surface area contributed by atoms with E-state index in [1.165, 1.54) is 0 Å². The van der Waals surface area contributed by atoms with E-state index in [2.05, 4.69) is 9.84 Å². The van der Waals surface area contributed by atoms with Gasteiger partial charge in [0, 0.05) is 0 Å². The maximum absolute atomic E-state index is 12.5. The Bertz CT molecular complexity index is 286. The third-order valence-electron chi connectivity index (χ3n) is 1.09. The van der Waals surface area contributed by atoms with Crippen LogP contribution >= 0.6 is 0 Å². The topological polar surface area (TPSA) is 27.1 Å². The molecule has 3 nitrogen and oxygen atoms in total. The molecule has 0 aliphatic heterocycles. The van der Waals surface area contributed by atoms with Crippen molar-refractivity contribution < 1.29 is 26.7 Å². The molecule has 0 aliphatic carbocycles. The van der Waals surface area contributed by atoms with Gasteiger partial charge in [-0.05, 0) is 0 Å². The largest absolute Gasteiger partial charge is 0.414 e. The summed E-state index contributed by atoms with van der Waals surface area (Å²) in [7, 11) is 0. The molecule has 1 aromatic rings. The van der Waals surface area contributed by atoms with Crippen LogP contribution in [-0.4, -0.2) is 16.4 Å². The van der Waals surface area contributed by atoms with Gasteiger partial charge in [-0.2, -0.15) is 31.7 Å². The van der Waals surface area contributed by atoms with E-state index in [4.69, 9.17) is 0 Å². The molecular formula is C5H3F5N2O. The quantitative estimate of drug-likeness (QED) is 0.701. The first-order valence-corrected chi connectivity index (χ1v) is 2.98. The molecular weight excluding hydrogens is 199 g/mol. The normalized spacial score (nSPS) is 11.3. The molecule has 0 spiro atoms. The van der Waals surface area contributed by atoms with Crippen LogP contribution in [0.2, 0.25) is 0 Å². The highest BCUT2D eigenvalue weighted by Crippen LogP contribution is 2.23. The summed E-state index contributed by atoms with van der Waals surface area (Å²) >= 11 is 0. The maximum atomic E-state index is 12.5. The average molecular weight is 202 g/mol. The van der Waals surface area contributed by atoms with Gasteiger partial charge < -0.3 is 4.74 Å². The van der Waals surface area contributed by atoms with Crippen molar-refractivity contribution in [3.05, 3.63) is 12.0 Å². The molecule has 0 aromatic carbocycles. The van der Waals surface area contributed by atoms with E-state index in [9.17, 15) is 22.0 Å². The Labute approximate surface area is 68.7 Å². The molecule has 0 saturated carbocycles. The van der Waals surface area contributed by atoms with E-state index in [1.807, 2.05) is 0 Å². The van der Waals surface area contributed by atoms with Gasteiger partial charge in [0.25, 0.3) is 5.88 Å². The highest BCUT2D eigenvalue weighted by Gasteiger charge is 2.21. The maximum Gasteiger partial charge on any atom is 0.388 e. The van der Waals surface area contributed by atoms with E-state index < -0.39 is 24.9 Å². The number of halogens is 5. The van der Waals surface area contributed by atoms with Crippen molar-refractivity contribution in [2.45, 2.75) is 13.2 Å². The summed E-state index contributed by atoms with van der Waals surface area (Å²) in [4.78, 5) is 0. The van der Waals surface area contributed by atoms with Gasteiger partial charge in [-0.3, -0.25) is 0 Å². The zero-order valence-corrected chi connectivity index (χ0v) is 5.92. The summed E-state index contributed by atoms with van der Waals surface area (Å²) < 4.78 is 62.6. The smallest absolute Gasteiger partial charge is 0.388 e. The van der Waals surface area contributed by atoms with Gasteiger partial charge in [0.1, 0.15) is 0 Å². The van der Waals surface area contributed by atoms with Crippen LogP contribution in [0.1, 0.15) is 6.55 Å². The lowest BCUT2D eigenvalue weighted by atomic mass is 10.6. The Morgan fingerprint density at radius 3 is 2.38 bits per heavy atom. The molecule has 0 fully saturated rings. The van der Waals surface area contributed by atoms with E-state index >= 15 is 0 Å². The minimum Gasteiger partial charge on any atom is -0.414 e. The second-order valence-corrected chi connectivity index (χ2v) is 1.90. The predicted octanol–water partition coefficient (Wildman–Crippen LogP) is 2.02. The molecule has 13 heavy (non-hydrogen) atoms. The average Bonchev–Trinajstić information content (AvgIpc) is 2.32. The fourth-order valence-electron chi connectivity index (χ4n) is 0.664. The Morgan fingerprint density at radius 2 is 1.92 bits per heavy atom. The summed E-state index contributed by atoms with van der Waals surface area (Å²) in [6.45, 7) is -6.60. The van der Waals surface area contributed by atoms with Crippen LogP contribution < -0.4 is 4.74 Å². The molecule has 0 N–H and O–H groups in total. The van der Waals surface area contributed by atoms with Crippen molar-refractivity contribution in [3.8, 4) is 5.88 Å². The fourth-order valence-corrected chi connectivity index (χ4v) is 0.664. The fraction of sp³-hybridized carbons (Fsp3) is 0.400. The number of rotatable bonds is 3. The number of aromatic nitrogens is 2. The van der Waals surface area contributed by atoms with Gasteiger partial charge in [-0.25, -0.2) is 0 Å². The molecule has 8 heteroatoms. The first-order chi connectivity index (χ1) is 6.02. The summed E-state index contributed by atoms with van der Waals surface area (Å²) in [6.07, 6.45) is 0.365. The molecule has 0 bridgehead atoms. The summed E-state index contributed by atoms with van der Waals surface area (Å²) in [5.74, 6) is -2.63. The van der Waals surface area contributed by atoms with Crippen molar-refractivity contribution >= 4 is 0 Å². The third kappa shape index (κ3) is 2.07. The lowest BCUT2D eigenvalue weighted by Gasteiger charge is -2.06. The Balaban J connectivity index is 2.94. The third-order valence-corrected chi connectivity index (χ3v) is 1.09. The minimum atomic E-state index is -3.37. The van der Waals surface area contributed by atoms with Crippen LogP contribution in [0, 0.1) is 5.82 Å². The van der Waals surface area contributed by atoms with Crippen molar-refractivity contribution in [3.63, 3.8) is 0 Å². The molecule has 0 unspecified atom stereocenters. The van der Waals surface area contributed by atoms with Gasteiger partial charge in [0.15, 0.2) is 0 Å². The lowest BCUT2D eigenvalue weighted by molar-refractivity contribution is -0.0669. The van der Waals surface area contributed by atoms with Gasteiger partial charge in [-0.15, -0.1) is 0 Å². The summed E-state index contributed by atoms with van der Waals surface area (Å²) in [5.41, 5.74) is 0. The van der Waals surface area contributed by atoms with E-state index in [-0.39, 0.29) is 4.68 Å². The van der Waals surface area contributed by atoms with Crippen molar-refractivity contribution in [2.24, 2.45) is 0 Å².